The number of rotatable bonds is 5. The second-order valence-electron chi connectivity index (χ2n) is 6.14. The predicted octanol–water partition coefficient (Wildman–Crippen LogP) is 3.55. The Kier molecular flexibility index (Phi) is 4.74. The highest BCUT2D eigenvalue weighted by Crippen LogP contribution is 2.28. The van der Waals surface area contributed by atoms with Crippen molar-refractivity contribution in [1.82, 2.24) is 10.2 Å². The minimum atomic E-state index is -0.149. The van der Waals surface area contributed by atoms with E-state index in [4.69, 9.17) is 0 Å². The van der Waals surface area contributed by atoms with Crippen LogP contribution in [0, 0.1) is 11.7 Å². The third kappa shape index (κ3) is 4.03. The molecule has 4 heteroatoms. The molecular formula is C16H22BrFN2. The molecule has 0 unspecified atom stereocenters. The normalized spacial score (nSPS) is 21.3. The van der Waals surface area contributed by atoms with E-state index in [0.29, 0.717) is 6.04 Å². The van der Waals surface area contributed by atoms with Crippen molar-refractivity contribution < 1.29 is 4.39 Å². The maximum Gasteiger partial charge on any atom is 0.123 e. The molecule has 0 bridgehead atoms. The molecule has 1 aromatic carbocycles. The number of benzene rings is 1. The Labute approximate surface area is 128 Å². The van der Waals surface area contributed by atoms with Gasteiger partial charge in [0.1, 0.15) is 5.82 Å². The van der Waals surface area contributed by atoms with Crippen LogP contribution < -0.4 is 5.32 Å². The first-order valence-electron chi connectivity index (χ1n) is 7.60. The fourth-order valence-corrected chi connectivity index (χ4v) is 3.23. The summed E-state index contributed by atoms with van der Waals surface area (Å²) in [7, 11) is 0. The maximum absolute atomic E-state index is 13.3. The molecule has 3 rings (SSSR count). The first-order chi connectivity index (χ1) is 9.70. The van der Waals surface area contributed by atoms with Crippen LogP contribution >= 0.6 is 15.9 Å². The third-order valence-corrected chi connectivity index (χ3v) is 5.16. The van der Waals surface area contributed by atoms with E-state index in [1.807, 2.05) is 0 Å². The Bertz CT molecular complexity index is 454. The lowest BCUT2D eigenvalue weighted by atomic mass is 10.0. The second kappa shape index (κ2) is 6.54. The van der Waals surface area contributed by atoms with Gasteiger partial charge in [0.2, 0.25) is 0 Å². The number of hydrogen-bond donors (Lipinski definition) is 1. The predicted molar refractivity (Wildman–Crippen MR) is 83.1 cm³/mol. The van der Waals surface area contributed by atoms with Crippen molar-refractivity contribution in [2.45, 2.75) is 38.3 Å². The van der Waals surface area contributed by atoms with E-state index in [0.717, 1.165) is 35.6 Å². The van der Waals surface area contributed by atoms with E-state index in [-0.39, 0.29) is 5.82 Å². The van der Waals surface area contributed by atoms with Crippen LogP contribution in [0.4, 0.5) is 4.39 Å². The standard InChI is InChI=1S/C16H22BrFN2/c17-16-4-3-14(18)9-13(16)11-20-7-5-15(6-8-20)19-10-12-1-2-12/h3-4,9,12,15,19H,1-2,5-8,10-11H2. The quantitative estimate of drug-likeness (QED) is 0.881. The molecule has 0 spiro atoms. The van der Waals surface area contributed by atoms with Crippen molar-refractivity contribution in [3.63, 3.8) is 0 Å². The van der Waals surface area contributed by atoms with Crippen LogP contribution in [0.2, 0.25) is 0 Å². The van der Waals surface area contributed by atoms with Crippen LogP contribution in [0.25, 0.3) is 0 Å². The van der Waals surface area contributed by atoms with E-state index in [1.165, 1.54) is 38.3 Å². The van der Waals surface area contributed by atoms with Crippen molar-refractivity contribution in [3.05, 3.63) is 34.1 Å². The fourth-order valence-electron chi connectivity index (χ4n) is 2.86. The molecule has 1 aliphatic carbocycles. The molecule has 1 N–H and O–H groups in total. The molecule has 0 amide bonds. The Morgan fingerprint density at radius 2 is 1.95 bits per heavy atom. The minimum absolute atomic E-state index is 0.149. The van der Waals surface area contributed by atoms with Gasteiger partial charge in [-0.05, 0) is 75.0 Å². The van der Waals surface area contributed by atoms with Crippen LogP contribution in [0.1, 0.15) is 31.2 Å². The molecule has 1 heterocycles. The molecule has 0 aromatic heterocycles. The molecule has 110 valence electrons. The van der Waals surface area contributed by atoms with Crippen LogP contribution in [0.15, 0.2) is 22.7 Å². The average Bonchev–Trinajstić information content (AvgIpc) is 3.26. The molecule has 1 saturated heterocycles. The summed E-state index contributed by atoms with van der Waals surface area (Å²) in [6.07, 6.45) is 5.25. The van der Waals surface area contributed by atoms with Gasteiger partial charge >= 0.3 is 0 Å². The maximum atomic E-state index is 13.3. The van der Waals surface area contributed by atoms with Gasteiger partial charge < -0.3 is 5.32 Å². The second-order valence-corrected chi connectivity index (χ2v) is 6.99. The smallest absolute Gasteiger partial charge is 0.123 e. The monoisotopic (exact) mass is 340 g/mol. The van der Waals surface area contributed by atoms with E-state index in [9.17, 15) is 4.39 Å². The van der Waals surface area contributed by atoms with Gasteiger partial charge in [0.15, 0.2) is 0 Å². The highest BCUT2D eigenvalue weighted by atomic mass is 79.9. The molecule has 0 radical (unpaired) electrons. The van der Waals surface area contributed by atoms with Crippen LogP contribution in [-0.2, 0) is 6.54 Å². The largest absolute Gasteiger partial charge is 0.314 e. The topological polar surface area (TPSA) is 15.3 Å². The number of hydrogen-bond acceptors (Lipinski definition) is 2. The molecule has 0 atom stereocenters. The lowest BCUT2D eigenvalue weighted by molar-refractivity contribution is 0.189. The van der Waals surface area contributed by atoms with E-state index in [2.05, 4.69) is 26.1 Å². The first kappa shape index (κ1) is 14.5. The van der Waals surface area contributed by atoms with Crippen molar-refractivity contribution >= 4 is 15.9 Å². The summed E-state index contributed by atoms with van der Waals surface area (Å²) in [5.74, 6) is 0.806. The molecular weight excluding hydrogens is 319 g/mol. The summed E-state index contributed by atoms with van der Waals surface area (Å²) in [5, 5.41) is 3.69. The van der Waals surface area contributed by atoms with E-state index in [1.54, 1.807) is 12.1 Å². The first-order valence-corrected chi connectivity index (χ1v) is 8.39. The summed E-state index contributed by atoms with van der Waals surface area (Å²) in [6.45, 7) is 4.25. The van der Waals surface area contributed by atoms with Gasteiger partial charge in [0, 0.05) is 17.1 Å². The summed E-state index contributed by atoms with van der Waals surface area (Å²) < 4.78 is 14.3. The highest BCUT2D eigenvalue weighted by molar-refractivity contribution is 9.10. The zero-order valence-corrected chi connectivity index (χ0v) is 13.3. The zero-order valence-electron chi connectivity index (χ0n) is 11.7. The Morgan fingerprint density at radius 1 is 1.20 bits per heavy atom. The van der Waals surface area contributed by atoms with Gasteiger partial charge in [-0.1, -0.05) is 15.9 Å². The lowest BCUT2D eigenvalue weighted by Crippen LogP contribution is -2.42. The van der Waals surface area contributed by atoms with Gasteiger partial charge in [-0.25, -0.2) is 4.39 Å². The SMILES string of the molecule is Fc1ccc(Br)c(CN2CCC(NCC3CC3)CC2)c1. The number of piperidine rings is 1. The van der Waals surface area contributed by atoms with Crippen molar-refractivity contribution in [1.29, 1.82) is 0 Å². The van der Waals surface area contributed by atoms with Gasteiger partial charge in [-0.3, -0.25) is 4.90 Å². The van der Waals surface area contributed by atoms with Gasteiger partial charge in [0.05, 0.1) is 0 Å². The van der Waals surface area contributed by atoms with Crippen LogP contribution in [0.5, 0.6) is 0 Å². The molecule has 20 heavy (non-hydrogen) atoms. The molecule has 1 aromatic rings. The third-order valence-electron chi connectivity index (χ3n) is 4.38. The lowest BCUT2D eigenvalue weighted by Gasteiger charge is -2.32. The van der Waals surface area contributed by atoms with Crippen LogP contribution in [0.3, 0.4) is 0 Å². The summed E-state index contributed by atoms with van der Waals surface area (Å²) >= 11 is 3.51. The van der Waals surface area contributed by atoms with Gasteiger partial charge in [-0.2, -0.15) is 0 Å². The zero-order chi connectivity index (χ0) is 13.9. The summed E-state index contributed by atoms with van der Waals surface area (Å²) in [4.78, 5) is 2.43. The number of halogens is 2. The average molecular weight is 341 g/mol. The summed E-state index contributed by atoms with van der Waals surface area (Å²) in [5.41, 5.74) is 1.05. The number of likely N-dealkylation sites (tertiary alicyclic amines) is 1. The molecule has 2 aliphatic rings. The van der Waals surface area contributed by atoms with Crippen molar-refractivity contribution in [2.24, 2.45) is 5.92 Å². The van der Waals surface area contributed by atoms with E-state index >= 15 is 0 Å². The van der Waals surface area contributed by atoms with Crippen molar-refractivity contribution in [3.8, 4) is 0 Å². The fraction of sp³-hybridized carbons (Fsp3) is 0.625. The molecule has 2 nitrogen and oxygen atoms in total. The Hall–Kier alpha value is -0.450. The molecule has 2 fully saturated rings. The molecule has 1 saturated carbocycles. The number of nitrogens with zero attached hydrogens (tertiary/aromatic N) is 1. The van der Waals surface area contributed by atoms with Crippen molar-refractivity contribution in [2.75, 3.05) is 19.6 Å². The molecule has 1 aliphatic heterocycles. The summed E-state index contributed by atoms with van der Waals surface area (Å²) in [6, 6.07) is 5.63. The highest BCUT2D eigenvalue weighted by Gasteiger charge is 2.24. The number of nitrogens with one attached hydrogen (secondary N) is 1. The Morgan fingerprint density at radius 3 is 2.65 bits per heavy atom. The Balaban J connectivity index is 1.46. The van der Waals surface area contributed by atoms with Crippen LogP contribution in [-0.4, -0.2) is 30.6 Å². The van der Waals surface area contributed by atoms with E-state index < -0.39 is 0 Å². The minimum Gasteiger partial charge on any atom is -0.314 e. The van der Waals surface area contributed by atoms with Gasteiger partial charge in [0.25, 0.3) is 0 Å². The van der Waals surface area contributed by atoms with Gasteiger partial charge in [-0.15, -0.1) is 0 Å².